The first-order valence-corrected chi connectivity index (χ1v) is 12.8. The summed E-state index contributed by atoms with van der Waals surface area (Å²) in [5.41, 5.74) is 0. The van der Waals surface area contributed by atoms with Crippen molar-refractivity contribution in [3.05, 3.63) is 0 Å². The molecular weight excluding hydrogens is 330 g/mol. The van der Waals surface area contributed by atoms with E-state index in [4.69, 9.17) is 0 Å². The van der Waals surface area contributed by atoms with E-state index < -0.39 is 10.0 Å². The summed E-state index contributed by atoms with van der Waals surface area (Å²) in [6, 6.07) is 0. The number of nitrogens with zero attached hydrogens (tertiary/aromatic N) is 1. The average Bonchev–Trinajstić information content (AvgIpc) is 2.56. The van der Waals surface area contributed by atoms with Crippen molar-refractivity contribution in [2.75, 3.05) is 19.3 Å². The van der Waals surface area contributed by atoms with Crippen LogP contribution in [0.1, 0.15) is 117 Å². The predicted octanol–water partition coefficient (Wildman–Crippen LogP) is 6.53. The molecule has 0 aromatic carbocycles. The minimum Gasteiger partial charge on any atom is -0.213 e. The summed E-state index contributed by atoms with van der Waals surface area (Å²) < 4.78 is 25.6. The number of sulfonamides is 1. The van der Waals surface area contributed by atoms with Crippen molar-refractivity contribution >= 4 is 10.0 Å². The molecule has 0 spiro atoms. The first-order valence-electron chi connectivity index (χ1n) is 11.0. The van der Waals surface area contributed by atoms with E-state index in [0.717, 1.165) is 25.7 Å². The van der Waals surface area contributed by atoms with Crippen molar-refractivity contribution in [3.63, 3.8) is 0 Å². The topological polar surface area (TPSA) is 37.4 Å². The van der Waals surface area contributed by atoms with Crippen LogP contribution in [0.15, 0.2) is 0 Å². The van der Waals surface area contributed by atoms with E-state index in [9.17, 15) is 8.42 Å². The van der Waals surface area contributed by atoms with Crippen LogP contribution in [0.25, 0.3) is 0 Å². The fraction of sp³-hybridized carbons (Fsp3) is 1.00. The van der Waals surface area contributed by atoms with Gasteiger partial charge in [-0.2, -0.15) is 0 Å². The smallest absolute Gasteiger partial charge is 0.211 e. The van der Waals surface area contributed by atoms with Gasteiger partial charge in [0.2, 0.25) is 10.0 Å². The van der Waals surface area contributed by atoms with Crippen LogP contribution in [0.3, 0.4) is 0 Å². The molecule has 0 rings (SSSR count). The molecule has 0 heterocycles. The van der Waals surface area contributed by atoms with Crippen LogP contribution in [0.4, 0.5) is 0 Å². The quantitative estimate of drug-likeness (QED) is 0.241. The van der Waals surface area contributed by atoms with Gasteiger partial charge in [-0.1, -0.05) is 104 Å². The number of unbranched alkanes of at least 4 members (excludes halogenated alkanes) is 14. The first-order chi connectivity index (χ1) is 12.0. The predicted molar refractivity (Wildman–Crippen MR) is 112 cm³/mol. The fourth-order valence-electron chi connectivity index (χ4n) is 3.29. The first kappa shape index (κ1) is 24.9. The number of hydrogen-bond donors (Lipinski definition) is 0. The lowest BCUT2D eigenvalue weighted by Gasteiger charge is -2.19. The van der Waals surface area contributed by atoms with Crippen LogP contribution < -0.4 is 0 Å². The highest BCUT2D eigenvalue weighted by atomic mass is 32.2. The third-order valence-electron chi connectivity index (χ3n) is 4.99. The fourth-order valence-corrected chi connectivity index (χ4v) is 4.21. The molecule has 0 saturated heterocycles. The van der Waals surface area contributed by atoms with Crippen LogP contribution in [0, 0.1) is 0 Å². The Balaban J connectivity index is 3.70. The maximum absolute atomic E-state index is 11.9. The van der Waals surface area contributed by atoms with E-state index in [1.54, 1.807) is 4.31 Å². The van der Waals surface area contributed by atoms with Gasteiger partial charge in [0.1, 0.15) is 0 Å². The van der Waals surface area contributed by atoms with Crippen molar-refractivity contribution in [1.82, 2.24) is 4.31 Å². The van der Waals surface area contributed by atoms with Crippen molar-refractivity contribution in [2.45, 2.75) is 117 Å². The second-order valence-electron chi connectivity index (χ2n) is 7.61. The minimum absolute atomic E-state index is 0.713. The van der Waals surface area contributed by atoms with Crippen LogP contribution in [-0.2, 0) is 10.0 Å². The lowest BCUT2D eigenvalue weighted by molar-refractivity contribution is 0.386. The van der Waals surface area contributed by atoms with Gasteiger partial charge in [0.05, 0.1) is 6.26 Å². The third-order valence-corrected chi connectivity index (χ3v) is 6.29. The van der Waals surface area contributed by atoms with Gasteiger partial charge < -0.3 is 0 Å². The average molecular weight is 376 g/mol. The second kappa shape index (κ2) is 17.3. The van der Waals surface area contributed by atoms with Crippen molar-refractivity contribution < 1.29 is 8.42 Å². The van der Waals surface area contributed by atoms with Gasteiger partial charge in [-0.05, 0) is 12.8 Å². The van der Waals surface area contributed by atoms with Gasteiger partial charge in [-0.3, -0.25) is 0 Å². The standard InChI is InChI=1S/C21H45NO2S/c1-4-6-8-10-12-14-16-18-20-22(25(3,23)24)21-19-17-15-13-11-9-7-5-2/h4-21H2,1-3H3. The summed E-state index contributed by atoms with van der Waals surface area (Å²) in [6.07, 6.45) is 21.5. The molecule has 0 unspecified atom stereocenters. The van der Waals surface area contributed by atoms with Crippen LogP contribution in [-0.4, -0.2) is 32.1 Å². The maximum Gasteiger partial charge on any atom is 0.211 e. The Kier molecular flexibility index (Phi) is 17.3. The molecule has 0 aliphatic heterocycles. The van der Waals surface area contributed by atoms with Gasteiger partial charge in [-0.25, -0.2) is 12.7 Å². The Morgan fingerprint density at radius 2 is 0.800 bits per heavy atom. The van der Waals surface area contributed by atoms with Crippen molar-refractivity contribution in [1.29, 1.82) is 0 Å². The highest BCUT2D eigenvalue weighted by Crippen LogP contribution is 2.12. The number of hydrogen-bond acceptors (Lipinski definition) is 2. The van der Waals surface area contributed by atoms with Crippen molar-refractivity contribution in [2.24, 2.45) is 0 Å². The minimum atomic E-state index is -3.04. The molecule has 0 bridgehead atoms. The van der Waals surface area contributed by atoms with Gasteiger partial charge in [-0.15, -0.1) is 0 Å². The van der Waals surface area contributed by atoms with E-state index in [1.807, 2.05) is 0 Å². The molecule has 0 N–H and O–H groups in total. The Hall–Kier alpha value is -0.0900. The Morgan fingerprint density at radius 3 is 1.08 bits per heavy atom. The van der Waals surface area contributed by atoms with Crippen LogP contribution >= 0.6 is 0 Å². The normalized spacial score (nSPS) is 12.2. The van der Waals surface area contributed by atoms with E-state index in [-0.39, 0.29) is 0 Å². The number of rotatable bonds is 19. The summed E-state index contributed by atoms with van der Waals surface area (Å²) in [7, 11) is -3.04. The zero-order chi connectivity index (χ0) is 18.8. The van der Waals surface area contributed by atoms with Gasteiger partial charge >= 0.3 is 0 Å². The van der Waals surface area contributed by atoms with Gasteiger partial charge in [0, 0.05) is 13.1 Å². The van der Waals surface area contributed by atoms with E-state index >= 15 is 0 Å². The molecule has 0 radical (unpaired) electrons. The molecule has 0 fully saturated rings. The summed E-state index contributed by atoms with van der Waals surface area (Å²) in [4.78, 5) is 0. The zero-order valence-electron chi connectivity index (χ0n) is 17.4. The molecule has 0 aromatic rings. The molecule has 0 aliphatic carbocycles. The molecule has 25 heavy (non-hydrogen) atoms. The Morgan fingerprint density at radius 1 is 0.520 bits per heavy atom. The monoisotopic (exact) mass is 375 g/mol. The lowest BCUT2D eigenvalue weighted by atomic mass is 10.1. The SMILES string of the molecule is CCCCCCCCCCN(CCCCCCCCCC)S(C)(=O)=O. The second-order valence-corrected chi connectivity index (χ2v) is 9.59. The van der Waals surface area contributed by atoms with Gasteiger partial charge in [0.15, 0.2) is 0 Å². The highest BCUT2D eigenvalue weighted by Gasteiger charge is 2.15. The van der Waals surface area contributed by atoms with Crippen LogP contribution in [0.2, 0.25) is 0 Å². The molecule has 152 valence electrons. The zero-order valence-corrected chi connectivity index (χ0v) is 18.2. The third kappa shape index (κ3) is 17.1. The Labute approximate surface area is 159 Å². The van der Waals surface area contributed by atoms with Crippen LogP contribution in [0.5, 0.6) is 0 Å². The highest BCUT2D eigenvalue weighted by molar-refractivity contribution is 7.88. The summed E-state index contributed by atoms with van der Waals surface area (Å²) in [6.45, 7) is 5.91. The van der Waals surface area contributed by atoms with E-state index in [1.165, 1.54) is 83.3 Å². The van der Waals surface area contributed by atoms with E-state index in [0.29, 0.717) is 13.1 Å². The molecular formula is C21H45NO2S. The van der Waals surface area contributed by atoms with Gasteiger partial charge in [0.25, 0.3) is 0 Å². The summed E-state index contributed by atoms with van der Waals surface area (Å²) >= 11 is 0. The Bertz CT molecular complexity index is 348. The van der Waals surface area contributed by atoms with E-state index in [2.05, 4.69) is 13.8 Å². The molecule has 0 saturated carbocycles. The molecule has 3 nitrogen and oxygen atoms in total. The molecule has 4 heteroatoms. The maximum atomic E-state index is 11.9. The lowest BCUT2D eigenvalue weighted by Crippen LogP contribution is -2.32. The summed E-state index contributed by atoms with van der Waals surface area (Å²) in [5, 5.41) is 0. The molecule has 0 aromatic heterocycles. The molecule has 0 amide bonds. The summed E-state index contributed by atoms with van der Waals surface area (Å²) in [5.74, 6) is 0. The molecule has 0 aliphatic rings. The van der Waals surface area contributed by atoms with Crippen molar-refractivity contribution in [3.8, 4) is 0 Å². The largest absolute Gasteiger partial charge is 0.213 e. The molecule has 0 atom stereocenters.